The first-order chi connectivity index (χ1) is 10.5. The Hall–Kier alpha value is -3.16. The molecule has 0 aliphatic rings. The maximum atomic E-state index is 11.4. The molecule has 0 saturated heterocycles. The molecule has 2 aromatic rings. The molecule has 6 nitrogen and oxygen atoms in total. The van der Waals surface area contributed by atoms with Crippen molar-refractivity contribution >= 4 is 24.0 Å². The monoisotopic (exact) mass is 310 g/mol. The SMILES string of the molecule is COC(=O)c1ccc(-c2c(C#N)c(N)[nH]c(=S)c2C#N)cc1. The molecule has 0 fully saturated rings. The Balaban J connectivity index is 2.72. The standard InChI is InChI=1S/C15H10N4O2S/c1-21-15(20)9-4-2-8(3-5-9)12-10(6-16)13(18)19-14(22)11(12)7-17/h2-5H,1H3,(H3,18,19,22). The highest BCUT2D eigenvalue weighted by molar-refractivity contribution is 7.71. The van der Waals surface area contributed by atoms with Crippen molar-refractivity contribution < 1.29 is 9.53 Å². The smallest absolute Gasteiger partial charge is 0.337 e. The zero-order chi connectivity index (χ0) is 16.3. The fourth-order valence-electron chi connectivity index (χ4n) is 2.02. The minimum atomic E-state index is -0.475. The molecule has 0 aliphatic carbocycles. The zero-order valence-electron chi connectivity index (χ0n) is 11.5. The lowest BCUT2D eigenvalue weighted by atomic mass is 9.96. The number of rotatable bonds is 2. The van der Waals surface area contributed by atoms with Crippen LogP contribution < -0.4 is 5.73 Å². The van der Waals surface area contributed by atoms with E-state index < -0.39 is 5.97 Å². The van der Waals surface area contributed by atoms with Gasteiger partial charge < -0.3 is 15.5 Å². The number of nitrogen functional groups attached to an aromatic ring is 1. The molecule has 3 N–H and O–H groups in total. The molecule has 0 bridgehead atoms. The number of nitrogens with two attached hydrogens (primary N) is 1. The molecular formula is C15H10N4O2S. The van der Waals surface area contributed by atoms with E-state index in [1.54, 1.807) is 24.3 Å². The van der Waals surface area contributed by atoms with Gasteiger partial charge >= 0.3 is 5.97 Å². The van der Waals surface area contributed by atoms with Gasteiger partial charge in [0.25, 0.3) is 0 Å². The second-order valence-electron chi connectivity index (χ2n) is 4.29. The summed E-state index contributed by atoms with van der Waals surface area (Å²) in [5.74, 6) is -0.379. The molecule has 2 rings (SSSR count). The van der Waals surface area contributed by atoms with Crippen molar-refractivity contribution in [2.45, 2.75) is 0 Å². The minimum absolute atomic E-state index is 0.0959. The number of ether oxygens (including phenoxy) is 1. The second-order valence-corrected chi connectivity index (χ2v) is 4.69. The van der Waals surface area contributed by atoms with Crippen LogP contribution in [0.15, 0.2) is 24.3 Å². The molecule has 1 heterocycles. The first kappa shape index (κ1) is 15.2. The molecule has 0 radical (unpaired) electrons. The Morgan fingerprint density at radius 3 is 2.32 bits per heavy atom. The number of carbonyl (C=O) groups is 1. The summed E-state index contributed by atoms with van der Waals surface area (Å²) in [4.78, 5) is 14.1. The van der Waals surface area contributed by atoms with Gasteiger partial charge in [0.2, 0.25) is 0 Å². The maximum absolute atomic E-state index is 11.4. The average molecular weight is 310 g/mol. The van der Waals surface area contributed by atoms with Crippen LogP contribution in [0.4, 0.5) is 5.82 Å². The van der Waals surface area contributed by atoms with Crippen LogP contribution in [0.2, 0.25) is 0 Å². The van der Waals surface area contributed by atoms with E-state index in [9.17, 15) is 15.3 Å². The third-order valence-corrected chi connectivity index (χ3v) is 3.37. The topological polar surface area (TPSA) is 116 Å². The van der Waals surface area contributed by atoms with Crippen molar-refractivity contribution in [2.24, 2.45) is 0 Å². The summed E-state index contributed by atoms with van der Waals surface area (Å²) >= 11 is 5.08. The Morgan fingerprint density at radius 1 is 1.23 bits per heavy atom. The minimum Gasteiger partial charge on any atom is -0.465 e. The highest BCUT2D eigenvalue weighted by atomic mass is 32.1. The highest BCUT2D eigenvalue weighted by Gasteiger charge is 2.17. The lowest BCUT2D eigenvalue weighted by molar-refractivity contribution is 0.0601. The first-order valence-corrected chi connectivity index (χ1v) is 6.49. The van der Waals surface area contributed by atoms with Gasteiger partial charge in [0.15, 0.2) is 0 Å². The first-order valence-electron chi connectivity index (χ1n) is 6.08. The summed E-state index contributed by atoms with van der Waals surface area (Å²) in [6.07, 6.45) is 0. The maximum Gasteiger partial charge on any atom is 0.337 e. The third kappa shape index (κ3) is 2.53. The van der Waals surface area contributed by atoms with E-state index >= 15 is 0 Å². The number of methoxy groups -OCH3 is 1. The van der Waals surface area contributed by atoms with E-state index in [0.29, 0.717) is 16.7 Å². The van der Waals surface area contributed by atoms with Gasteiger partial charge in [-0.25, -0.2) is 4.79 Å². The number of nitrogens with zero attached hydrogens (tertiary/aromatic N) is 2. The zero-order valence-corrected chi connectivity index (χ0v) is 12.3. The predicted molar refractivity (Wildman–Crippen MR) is 82.2 cm³/mol. The van der Waals surface area contributed by atoms with Crippen LogP contribution in [0.5, 0.6) is 0 Å². The summed E-state index contributed by atoms with van der Waals surface area (Å²) in [6, 6.07) is 10.2. The molecule has 0 atom stereocenters. The van der Waals surface area contributed by atoms with Crippen LogP contribution in [0.1, 0.15) is 21.5 Å². The van der Waals surface area contributed by atoms with Crippen LogP contribution in [0, 0.1) is 27.3 Å². The third-order valence-electron chi connectivity index (χ3n) is 3.06. The summed E-state index contributed by atoms with van der Waals surface area (Å²) in [6.45, 7) is 0. The number of aromatic nitrogens is 1. The predicted octanol–water partition coefficient (Wildman–Crippen LogP) is 2.52. The van der Waals surface area contributed by atoms with E-state index in [1.807, 2.05) is 12.1 Å². The number of nitrogens with one attached hydrogen (secondary N) is 1. The number of hydrogen-bond donors (Lipinski definition) is 2. The van der Waals surface area contributed by atoms with Gasteiger partial charge in [-0.1, -0.05) is 24.4 Å². The largest absolute Gasteiger partial charge is 0.465 e. The number of nitriles is 2. The summed E-state index contributed by atoms with van der Waals surface area (Å²) in [7, 11) is 1.29. The van der Waals surface area contributed by atoms with Crippen molar-refractivity contribution in [1.82, 2.24) is 4.98 Å². The van der Waals surface area contributed by atoms with Gasteiger partial charge in [0, 0.05) is 5.56 Å². The number of esters is 1. The van der Waals surface area contributed by atoms with Crippen LogP contribution in [0.25, 0.3) is 11.1 Å². The van der Waals surface area contributed by atoms with Crippen LogP contribution in [-0.4, -0.2) is 18.1 Å². The Morgan fingerprint density at radius 2 is 1.82 bits per heavy atom. The fourth-order valence-corrected chi connectivity index (χ4v) is 2.28. The second kappa shape index (κ2) is 6.08. The van der Waals surface area contributed by atoms with Gasteiger partial charge in [0.05, 0.1) is 18.2 Å². The molecule has 0 aliphatic heterocycles. The van der Waals surface area contributed by atoms with Crippen LogP contribution in [-0.2, 0) is 4.74 Å². The molecule has 0 spiro atoms. The van der Waals surface area contributed by atoms with Gasteiger partial charge in [-0.05, 0) is 17.7 Å². The van der Waals surface area contributed by atoms with E-state index in [2.05, 4.69) is 9.72 Å². The quantitative estimate of drug-likeness (QED) is 0.650. The lowest BCUT2D eigenvalue weighted by Crippen LogP contribution is -2.03. The lowest BCUT2D eigenvalue weighted by Gasteiger charge is -2.10. The summed E-state index contributed by atoms with van der Waals surface area (Å²) < 4.78 is 4.78. The molecule has 108 valence electrons. The molecule has 0 amide bonds. The van der Waals surface area contributed by atoms with E-state index in [-0.39, 0.29) is 21.6 Å². The Kier molecular flexibility index (Phi) is 4.21. The molecule has 0 saturated carbocycles. The van der Waals surface area contributed by atoms with E-state index in [1.165, 1.54) is 7.11 Å². The Labute approximate surface area is 131 Å². The molecular weight excluding hydrogens is 300 g/mol. The van der Waals surface area contributed by atoms with Crippen molar-refractivity contribution in [1.29, 1.82) is 10.5 Å². The molecule has 1 aromatic carbocycles. The summed E-state index contributed by atoms with van der Waals surface area (Å²) in [5.41, 5.74) is 7.33. The number of H-pyrrole nitrogens is 1. The molecule has 22 heavy (non-hydrogen) atoms. The fraction of sp³-hybridized carbons (Fsp3) is 0.0667. The average Bonchev–Trinajstić information content (AvgIpc) is 2.53. The number of anilines is 1. The van der Waals surface area contributed by atoms with Gasteiger partial charge in [-0.2, -0.15) is 10.5 Å². The number of benzene rings is 1. The number of aromatic amines is 1. The van der Waals surface area contributed by atoms with Crippen molar-refractivity contribution in [2.75, 3.05) is 12.8 Å². The number of pyridine rings is 1. The van der Waals surface area contributed by atoms with Crippen LogP contribution in [0.3, 0.4) is 0 Å². The van der Waals surface area contributed by atoms with Crippen molar-refractivity contribution in [3.8, 4) is 23.3 Å². The van der Waals surface area contributed by atoms with E-state index in [4.69, 9.17) is 18.0 Å². The van der Waals surface area contributed by atoms with Gasteiger partial charge in [-0.3, -0.25) is 0 Å². The molecule has 1 aromatic heterocycles. The van der Waals surface area contributed by atoms with Gasteiger partial charge in [0.1, 0.15) is 28.2 Å². The van der Waals surface area contributed by atoms with Crippen molar-refractivity contribution in [3.63, 3.8) is 0 Å². The molecule has 7 heteroatoms. The normalized spacial score (nSPS) is 9.59. The highest BCUT2D eigenvalue weighted by Crippen LogP contribution is 2.30. The number of carbonyl (C=O) groups excluding carboxylic acids is 1. The Bertz CT molecular complexity index is 886. The van der Waals surface area contributed by atoms with Gasteiger partial charge in [-0.15, -0.1) is 0 Å². The van der Waals surface area contributed by atoms with E-state index in [0.717, 1.165) is 0 Å². The number of hydrogen-bond acceptors (Lipinski definition) is 6. The van der Waals surface area contributed by atoms with Crippen molar-refractivity contribution in [3.05, 3.63) is 45.6 Å². The molecule has 0 unspecified atom stereocenters. The summed E-state index contributed by atoms with van der Waals surface area (Å²) in [5, 5.41) is 18.6. The van der Waals surface area contributed by atoms with Crippen LogP contribution >= 0.6 is 12.2 Å².